The van der Waals surface area contributed by atoms with Crippen molar-refractivity contribution in [3.05, 3.63) is 63.9 Å². The average Bonchev–Trinajstić information content (AvgIpc) is 3.41. The number of hydrogen-bond donors (Lipinski definition) is 2. The largest absolute Gasteiger partial charge is 0.493 e. The van der Waals surface area contributed by atoms with Gasteiger partial charge in [-0.3, -0.25) is 0 Å². The molecule has 0 radical (unpaired) electrons. The van der Waals surface area contributed by atoms with Gasteiger partial charge in [0, 0.05) is 36.4 Å². The molecule has 0 saturated carbocycles. The van der Waals surface area contributed by atoms with Crippen LogP contribution in [-0.2, 0) is 13.6 Å². The van der Waals surface area contributed by atoms with Gasteiger partial charge in [-0.2, -0.15) is 0 Å². The van der Waals surface area contributed by atoms with Crippen molar-refractivity contribution in [3.8, 4) is 5.75 Å². The molecule has 166 valence electrons. The highest BCUT2D eigenvalue weighted by Gasteiger charge is 2.22. The highest BCUT2D eigenvalue weighted by molar-refractivity contribution is 14.0. The number of fused-ring (bicyclic) bond motifs is 1. The van der Waals surface area contributed by atoms with Crippen LogP contribution >= 0.6 is 35.3 Å². The van der Waals surface area contributed by atoms with E-state index in [1.807, 2.05) is 36.7 Å². The molecule has 2 atom stereocenters. The fourth-order valence-electron chi connectivity index (χ4n) is 3.47. The molecule has 7 nitrogen and oxygen atoms in total. The number of hydrogen-bond acceptors (Lipinski definition) is 5. The third-order valence-corrected chi connectivity index (χ3v) is 6.54. The van der Waals surface area contributed by atoms with Gasteiger partial charge >= 0.3 is 0 Å². The van der Waals surface area contributed by atoms with E-state index in [1.165, 1.54) is 10.4 Å². The molecule has 0 spiro atoms. The Morgan fingerprint density at radius 3 is 2.87 bits per heavy atom. The molecule has 1 aliphatic rings. The second kappa shape index (κ2) is 10.9. The molecule has 0 fully saturated rings. The molecule has 3 heterocycles. The lowest BCUT2D eigenvalue weighted by atomic mass is 10.0. The summed E-state index contributed by atoms with van der Waals surface area (Å²) in [6.45, 7) is 6.13. The topological polar surface area (TPSA) is 76.4 Å². The monoisotopic (exact) mass is 552 g/mol. The van der Waals surface area contributed by atoms with Crippen molar-refractivity contribution in [3.63, 3.8) is 0 Å². The Labute approximate surface area is 204 Å². The standard InChI is InChI=1S/C22H28N6OS.HI/c1-15(20-9-6-12-30-20)13-23-22(24-14-21-27-26-16(2)28(21)3)25-18-10-11-29-19-8-5-4-7-17(18)19;/h4-9,12,15,18H,10-11,13-14H2,1-3H3,(H2,23,24,25);1H. The molecular weight excluding hydrogens is 523 g/mol. The summed E-state index contributed by atoms with van der Waals surface area (Å²) in [5.41, 5.74) is 1.17. The first-order valence-corrected chi connectivity index (χ1v) is 11.1. The van der Waals surface area contributed by atoms with E-state index in [9.17, 15) is 0 Å². The van der Waals surface area contributed by atoms with Crippen LogP contribution in [0.1, 0.15) is 47.4 Å². The summed E-state index contributed by atoms with van der Waals surface area (Å²) in [4.78, 5) is 6.19. The summed E-state index contributed by atoms with van der Waals surface area (Å²) in [5.74, 6) is 3.84. The second-order valence-electron chi connectivity index (χ2n) is 7.56. The van der Waals surface area contributed by atoms with E-state index in [-0.39, 0.29) is 30.0 Å². The molecule has 2 N–H and O–H groups in total. The van der Waals surface area contributed by atoms with Gasteiger partial charge in [-0.15, -0.1) is 45.5 Å². The minimum Gasteiger partial charge on any atom is -0.493 e. The molecule has 2 unspecified atom stereocenters. The zero-order valence-electron chi connectivity index (χ0n) is 18.0. The molecule has 4 rings (SSSR count). The Balaban J connectivity index is 0.00000272. The van der Waals surface area contributed by atoms with Crippen molar-refractivity contribution < 1.29 is 4.74 Å². The van der Waals surface area contributed by atoms with E-state index in [0.717, 1.165) is 36.3 Å². The van der Waals surface area contributed by atoms with Crippen LogP contribution in [0.5, 0.6) is 5.75 Å². The predicted molar refractivity (Wildman–Crippen MR) is 135 cm³/mol. The van der Waals surface area contributed by atoms with Crippen LogP contribution in [-0.4, -0.2) is 33.9 Å². The van der Waals surface area contributed by atoms with Crippen LogP contribution in [0, 0.1) is 6.92 Å². The Morgan fingerprint density at radius 2 is 2.13 bits per heavy atom. The lowest BCUT2D eigenvalue weighted by molar-refractivity contribution is 0.261. The van der Waals surface area contributed by atoms with Crippen LogP contribution in [0.3, 0.4) is 0 Å². The average molecular weight is 552 g/mol. The van der Waals surface area contributed by atoms with Gasteiger partial charge in [0.05, 0.1) is 12.6 Å². The maximum absolute atomic E-state index is 5.81. The van der Waals surface area contributed by atoms with Crippen molar-refractivity contribution >= 4 is 41.3 Å². The Kier molecular flexibility index (Phi) is 8.30. The molecule has 0 amide bonds. The first-order valence-electron chi connectivity index (χ1n) is 10.3. The molecule has 31 heavy (non-hydrogen) atoms. The Morgan fingerprint density at radius 1 is 1.29 bits per heavy atom. The number of guanidine groups is 1. The van der Waals surface area contributed by atoms with Crippen molar-refractivity contribution in [2.45, 2.75) is 38.8 Å². The van der Waals surface area contributed by atoms with Crippen molar-refractivity contribution in [1.82, 2.24) is 25.4 Å². The first kappa shape index (κ1) is 23.5. The van der Waals surface area contributed by atoms with Gasteiger partial charge in [-0.05, 0) is 24.4 Å². The smallest absolute Gasteiger partial charge is 0.192 e. The zero-order valence-corrected chi connectivity index (χ0v) is 21.2. The van der Waals surface area contributed by atoms with Crippen LogP contribution < -0.4 is 15.4 Å². The molecule has 0 bridgehead atoms. The fourth-order valence-corrected chi connectivity index (χ4v) is 4.26. The van der Waals surface area contributed by atoms with Gasteiger partial charge in [-0.25, -0.2) is 4.99 Å². The molecule has 0 aliphatic carbocycles. The number of ether oxygens (including phenoxy) is 1. The number of para-hydroxylation sites is 1. The summed E-state index contributed by atoms with van der Waals surface area (Å²) >= 11 is 1.79. The zero-order chi connectivity index (χ0) is 20.9. The van der Waals surface area contributed by atoms with Crippen molar-refractivity contribution in [1.29, 1.82) is 0 Å². The first-order chi connectivity index (χ1) is 14.6. The molecule has 3 aromatic rings. The van der Waals surface area contributed by atoms with Crippen LogP contribution in [0.25, 0.3) is 0 Å². The van der Waals surface area contributed by atoms with E-state index in [1.54, 1.807) is 11.3 Å². The van der Waals surface area contributed by atoms with E-state index in [0.29, 0.717) is 19.1 Å². The number of halogens is 1. The molecule has 2 aromatic heterocycles. The second-order valence-corrected chi connectivity index (χ2v) is 8.54. The SMILES string of the molecule is Cc1nnc(CN=C(NCC(C)c2cccs2)NC2CCOc3ccccc32)n1C.I. The number of aliphatic imine (C=N–C) groups is 1. The maximum Gasteiger partial charge on any atom is 0.192 e. The minimum absolute atomic E-state index is 0. The quantitative estimate of drug-likeness (QED) is 0.273. The third-order valence-electron chi connectivity index (χ3n) is 5.44. The van der Waals surface area contributed by atoms with Gasteiger partial charge < -0.3 is 19.9 Å². The van der Waals surface area contributed by atoms with Crippen LogP contribution in [0.4, 0.5) is 0 Å². The van der Waals surface area contributed by atoms with Gasteiger partial charge in [0.15, 0.2) is 11.8 Å². The molecule has 9 heteroatoms. The number of nitrogens with zero attached hydrogens (tertiary/aromatic N) is 4. The highest BCUT2D eigenvalue weighted by atomic mass is 127. The van der Waals surface area contributed by atoms with Gasteiger partial charge in [0.1, 0.15) is 18.1 Å². The maximum atomic E-state index is 5.81. The van der Waals surface area contributed by atoms with E-state index in [2.05, 4.69) is 51.3 Å². The van der Waals surface area contributed by atoms with Gasteiger partial charge in [0.25, 0.3) is 0 Å². The lowest BCUT2D eigenvalue weighted by Gasteiger charge is -2.28. The molecule has 1 aliphatic heterocycles. The summed E-state index contributed by atoms with van der Waals surface area (Å²) in [5, 5.41) is 17.6. The normalized spacial score (nSPS) is 16.6. The van der Waals surface area contributed by atoms with Crippen LogP contribution in [0.2, 0.25) is 0 Å². The van der Waals surface area contributed by atoms with E-state index in [4.69, 9.17) is 9.73 Å². The van der Waals surface area contributed by atoms with Crippen molar-refractivity contribution in [2.75, 3.05) is 13.2 Å². The number of thiophene rings is 1. The Bertz CT molecular complexity index is 1000. The van der Waals surface area contributed by atoms with E-state index < -0.39 is 0 Å². The third kappa shape index (κ3) is 5.76. The fraction of sp³-hybridized carbons (Fsp3) is 0.409. The Hall–Kier alpha value is -2.14. The number of benzene rings is 1. The lowest BCUT2D eigenvalue weighted by Crippen LogP contribution is -2.42. The number of aryl methyl sites for hydroxylation is 1. The number of aromatic nitrogens is 3. The van der Waals surface area contributed by atoms with Gasteiger partial charge in [0.2, 0.25) is 0 Å². The van der Waals surface area contributed by atoms with Gasteiger partial charge in [-0.1, -0.05) is 31.2 Å². The molecule has 0 saturated heterocycles. The number of nitrogens with one attached hydrogen (secondary N) is 2. The summed E-state index contributed by atoms with van der Waals surface area (Å²) in [7, 11) is 1.97. The van der Waals surface area contributed by atoms with Crippen LogP contribution in [0.15, 0.2) is 46.8 Å². The summed E-state index contributed by atoms with van der Waals surface area (Å²) in [6.07, 6.45) is 0.890. The summed E-state index contributed by atoms with van der Waals surface area (Å²) in [6, 6.07) is 12.6. The van der Waals surface area contributed by atoms with E-state index >= 15 is 0 Å². The highest BCUT2D eigenvalue weighted by Crippen LogP contribution is 2.31. The molecule has 1 aromatic carbocycles. The number of rotatable bonds is 6. The minimum atomic E-state index is 0. The van der Waals surface area contributed by atoms with Crippen molar-refractivity contribution in [2.24, 2.45) is 12.0 Å². The molecular formula is C22H29IN6OS. The predicted octanol–water partition coefficient (Wildman–Crippen LogP) is 4.17. The summed E-state index contributed by atoms with van der Waals surface area (Å²) < 4.78 is 7.78.